The van der Waals surface area contributed by atoms with E-state index >= 15 is 0 Å². The van der Waals surface area contributed by atoms with E-state index in [0.717, 1.165) is 61.3 Å². The van der Waals surface area contributed by atoms with Gasteiger partial charge in [-0.1, -0.05) is 140 Å². The van der Waals surface area contributed by atoms with Gasteiger partial charge in [0.05, 0.1) is 33.5 Å². The predicted octanol–water partition coefficient (Wildman–Crippen LogP) is 12.8. The van der Waals surface area contributed by atoms with Crippen LogP contribution in [-0.4, -0.2) is 19.1 Å². The van der Waals surface area contributed by atoms with Gasteiger partial charge in [-0.05, 0) is 65.4 Å². The van der Waals surface area contributed by atoms with E-state index in [1.165, 1.54) is 32.6 Å². The van der Waals surface area contributed by atoms with E-state index in [1.807, 2.05) is 24.3 Å². The highest BCUT2D eigenvalue weighted by Crippen LogP contribution is 2.41. The van der Waals surface area contributed by atoms with Crippen molar-refractivity contribution < 1.29 is 0 Å². The molecular formula is C50H32N4. The summed E-state index contributed by atoms with van der Waals surface area (Å²) in [6.07, 6.45) is 0. The minimum atomic E-state index is 0.703. The average molecular weight is 689 g/mol. The van der Waals surface area contributed by atoms with Crippen LogP contribution >= 0.6 is 0 Å². The van der Waals surface area contributed by atoms with Crippen molar-refractivity contribution in [3.8, 4) is 45.3 Å². The third-order valence-corrected chi connectivity index (χ3v) is 10.7. The zero-order valence-electron chi connectivity index (χ0n) is 29.3. The van der Waals surface area contributed by atoms with Crippen LogP contribution in [0.1, 0.15) is 0 Å². The first kappa shape index (κ1) is 30.3. The van der Waals surface area contributed by atoms with Gasteiger partial charge in [0.15, 0.2) is 5.82 Å². The van der Waals surface area contributed by atoms with Gasteiger partial charge in [0.2, 0.25) is 0 Å². The van der Waals surface area contributed by atoms with Crippen LogP contribution in [-0.2, 0) is 0 Å². The fraction of sp³-hybridized carbons (Fsp3) is 0. The molecule has 8 aromatic carbocycles. The van der Waals surface area contributed by atoms with Gasteiger partial charge in [0, 0.05) is 49.6 Å². The van der Waals surface area contributed by atoms with Crippen molar-refractivity contribution in [2.24, 2.45) is 0 Å². The molecule has 0 bridgehead atoms. The highest BCUT2D eigenvalue weighted by Gasteiger charge is 2.20. The van der Waals surface area contributed by atoms with Crippen LogP contribution in [0.25, 0.3) is 99.7 Å². The van der Waals surface area contributed by atoms with Crippen LogP contribution in [0, 0.1) is 0 Å². The molecule has 0 amide bonds. The summed E-state index contributed by atoms with van der Waals surface area (Å²) < 4.78 is 4.83. The number of aromatic nitrogens is 4. The molecule has 0 N–H and O–H groups in total. The maximum absolute atomic E-state index is 5.28. The van der Waals surface area contributed by atoms with E-state index in [9.17, 15) is 0 Å². The number of hydrogen-bond acceptors (Lipinski definition) is 2. The standard InChI is InChI=1S/C50H32N4/c1-4-16-33(17-5-1)44-31-45(52-50(51-44)34-18-6-2-7-19-34)41-29-37(28-35-20-10-11-23-38(35)41)54-47-27-15-13-25-40(47)43-30-42-39-24-12-14-26-46(39)53(48(42)32-49(43)54)36-21-8-3-9-22-36/h1-32H. The van der Waals surface area contributed by atoms with Gasteiger partial charge in [-0.25, -0.2) is 9.97 Å². The fourth-order valence-corrected chi connectivity index (χ4v) is 8.26. The Bertz CT molecular complexity index is 3140. The lowest BCUT2D eigenvalue weighted by Crippen LogP contribution is -1.99. The highest BCUT2D eigenvalue weighted by molar-refractivity contribution is 6.19. The summed E-state index contributed by atoms with van der Waals surface area (Å²) in [5.74, 6) is 0.703. The Kier molecular flexibility index (Phi) is 6.82. The van der Waals surface area contributed by atoms with Crippen LogP contribution in [0.4, 0.5) is 0 Å². The summed E-state index contributed by atoms with van der Waals surface area (Å²) in [6.45, 7) is 0. The summed E-state index contributed by atoms with van der Waals surface area (Å²) in [5, 5.41) is 7.23. The molecular weight excluding hydrogens is 657 g/mol. The first-order valence-electron chi connectivity index (χ1n) is 18.3. The van der Waals surface area contributed by atoms with Gasteiger partial charge < -0.3 is 9.13 Å². The van der Waals surface area contributed by atoms with Gasteiger partial charge in [-0.3, -0.25) is 0 Å². The molecule has 0 spiro atoms. The number of benzene rings is 8. The predicted molar refractivity (Wildman–Crippen MR) is 225 cm³/mol. The molecule has 4 nitrogen and oxygen atoms in total. The van der Waals surface area contributed by atoms with Gasteiger partial charge in [-0.2, -0.15) is 0 Å². The second-order valence-electron chi connectivity index (χ2n) is 13.8. The van der Waals surface area contributed by atoms with Crippen molar-refractivity contribution in [1.82, 2.24) is 19.1 Å². The SMILES string of the molecule is c1ccc(-c2cc(-c3cc(-n4c5ccccc5c5cc6c7ccccc7n(-c7ccccc7)c6cc54)cc4ccccc34)nc(-c3ccccc3)n2)cc1. The summed E-state index contributed by atoms with van der Waals surface area (Å²) in [6, 6.07) is 69.1. The molecule has 0 fully saturated rings. The van der Waals surface area contributed by atoms with E-state index in [-0.39, 0.29) is 0 Å². The Balaban J connectivity index is 1.22. The topological polar surface area (TPSA) is 35.6 Å². The molecule has 4 heteroatoms. The lowest BCUT2D eigenvalue weighted by molar-refractivity contribution is 1.16. The van der Waals surface area contributed by atoms with Crippen LogP contribution < -0.4 is 0 Å². The molecule has 0 radical (unpaired) electrons. The van der Waals surface area contributed by atoms with Gasteiger partial charge in [0.1, 0.15) is 0 Å². The van der Waals surface area contributed by atoms with Gasteiger partial charge in [-0.15, -0.1) is 0 Å². The summed E-state index contributed by atoms with van der Waals surface area (Å²) in [5.41, 5.74) is 11.8. The zero-order valence-corrected chi connectivity index (χ0v) is 29.3. The first-order chi connectivity index (χ1) is 26.8. The third kappa shape index (κ3) is 4.78. The Morgan fingerprint density at radius 1 is 0.315 bits per heavy atom. The van der Waals surface area contributed by atoms with E-state index in [1.54, 1.807) is 0 Å². The van der Waals surface area contributed by atoms with Crippen molar-refractivity contribution in [3.05, 3.63) is 194 Å². The molecule has 0 saturated heterocycles. The molecule has 0 aliphatic heterocycles. The Hall–Kier alpha value is -7.30. The molecule has 11 rings (SSSR count). The molecule has 0 aliphatic carbocycles. The number of para-hydroxylation sites is 3. The van der Waals surface area contributed by atoms with Crippen molar-refractivity contribution in [1.29, 1.82) is 0 Å². The quantitative estimate of drug-likeness (QED) is 0.180. The lowest BCUT2D eigenvalue weighted by atomic mass is 9.99. The molecule has 3 aromatic heterocycles. The molecule has 3 heterocycles. The van der Waals surface area contributed by atoms with Crippen molar-refractivity contribution in [2.75, 3.05) is 0 Å². The zero-order chi connectivity index (χ0) is 35.6. The monoisotopic (exact) mass is 688 g/mol. The minimum absolute atomic E-state index is 0.703. The highest BCUT2D eigenvalue weighted by atomic mass is 15.0. The second-order valence-corrected chi connectivity index (χ2v) is 13.8. The largest absolute Gasteiger partial charge is 0.309 e. The smallest absolute Gasteiger partial charge is 0.160 e. The van der Waals surface area contributed by atoms with E-state index in [2.05, 4.69) is 179 Å². The molecule has 11 aromatic rings. The normalized spacial score (nSPS) is 11.7. The molecule has 54 heavy (non-hydrogen) atoms. The van der Waals surface area contributed by atoms with Crippen molar-refractivity contribution in [3.63, 3.8) is 0 Å². The van der Waals surface area contributed by atoms with Crippen molar-refractivity contribution in [2.45, 2.75) is 0 Å². The van der Waals surface area contributed by atoms with Crippen LogP contribution in [0.5, 0.6) is 0 Å². The number of nitrogens with zero attached hydrogens (tertiary/aromatic N) is 4. The van der Waals surface area contributed by atoms with Crippen LogP contribution in [0.15, 0.2) is 194 Å². The number of fused-ring (bicyclic) bond motifs is 7. The molecule has 0 saturated carbocycles. The lowest BCUT2D eigenvalue weighted by Gasteiger charge is -2.15. The van der Waals surface area contributed by atoms with E-state index in [4.69, 9.17) is 9.97 Å². The maximum atomic E-state index is 5.28. The summed E-state index contributed by atoms with van der Waals surface area (Å²) in [7, 11) is 0. The first-order valence-corrected chi connectivity index (χ1v) is 18.3. The number of rotatable bonds is 5. The fourth-order valence-electron chi connectivity index (χ4n) is 8.26. The second kappa shape index (κ2) is 12.1. The van der Waals surface area contributed by atoms with Crippen LogP contribution in [0.2, 0.25) is 0 Å². The molecule has 0 atom stereocenters. The third-order valence-electron chi connectivity index (χ3n) is 10.7. The molecule has 0 aliphatic rings. The average Bonchev–Trinajstić information content (AvgIpc) is 3.75. The maximum Gasteiger partial charge on any atom is 0.160 e. The van der Waals surface area contributed by atoms with E-state index in [0.29, 0.717) is 5.82 Å². The molecule has 0 unspecified atom stereocenters. The summed E-state index contributed by atoms with van der Waals surface area (Å²) >= 11 is 0. The van der Waals surface area contributed by atoms with Gasteiger partial charge in [0.25, 0.3) is 0 Å². The van der Waals surface area contributed by atoms with Gasteiger partial charge >= 0.3 is 0 Å². The summed E-state index contributed by atoms with van der Waals surface area (Å²) in [4.78, 5) is 10.4. The van der Waals surface area contributed by atoms with E-state index < -0.39 is 0 Å². The Morgan fingerprint density at radius 2 is 0.833 bits per heavy atom. The Morgan fingerprint density at radius 3 is 1.50 bits per heavy atom. The van der Waals surface area contributed by atoms with Crippen LogP contribution in [0.3, 0.4) is 0 Å². The van der Waals surface area contributed by atoms with Crippen molar-refractivity contribution >= 4 is 54.4 Å². The molecule has 252 valence electrons. The minimum Gasteiger partial charge on any atom is -0.309 e. The Labute approximate surface area is 311 Å². The number of hydrogen-bond donors (Lipinski definition) is 0.